The lowest BCUT2D eigenvalue weighted by Crippen LogP contribution is -2.47. The first-order chi connectivity index (χ1) is 11.2. The van der Waals surface area contributed by atoms with Gasteiger partial charge in [0, 0.05) is 26.1 Å². The Hall–Kier alpha value is -1.59. The van der Waals surface area contributed by atoms with Crippen molar-refractivity contribution in [2.45, 2.75) is 77.4 Å². The van der Waals surface area contributed by atoms with Gasteiger partial charge in [0.1, 0.15) is 5.82 Å². The second-order valence-corrected chi connectivity index (χ2v) is 7.09. The molecule has 23 heavy (non-hydrogen) atoms. The number of rotatable bonds is 3. The molecule has 0 unspecified atom stereocenters. The van der Waals surface area contributed by atoms with Gasteiger partial charge in [0.2, 0.25) is 0 Å². The smallest absolute Gasteiger partial charge is 0.317 e. The Labute approximate surface area is 138 Å². The predicted molar refractivity (Wildman–Crippen MR) is 89.0 cm³/mol. The highest BCUT2D eigenvalue weighted by atomic mass is 16.2. The van der Waals surface area contributed by atoms with Crippen LogP contribution in [0.1, 0.15) is 63.5 Å². The number of urea groups is 1. The number of carbonyl (C=O) groups is 1. The summed E-state index contributed by atoms with van der Waals surface area (Å²) >= 11 is 0. The Balaban J connectivity index is 1.57. The van der Waals surface area contributed by atoms with Crippen LogP contribution < -0.4 is 5.32 Å². The molecule has 0 bridgehead atoms. The first-order valence-electron chi connectivity index (χ1n) is 9.08. The van der Waals surface area contributed by atoms with Gasteiger partial charge in [0.25, 0.3) is 0 Å². The SMILES string of the molecule is C[C@H]1CCCC[C@H]1N(C)C(=O)NCc1nnc2n1CCCCC2. The molecule has 2 amide bonds. The zero-order valence-corrected chi connectivity index (χ0v) is 14.4. The maximum absolute atomic E-state index is 12.5. The molecule has 1 saturated carbocycles. The van der Waals surface area contributed by atoms with Gasteiger partial charge in [-0.15, -0.1) is 10.2 Å². The van der Waals surface area contributed by atoms with E-state index >= 15 is 0 Å². The van der Waals surface area contributed by atoms with Gasteiger partial charge in [-0.25, -0.2) is 4.79 Å². The predicted octanol–water partition coefficient (Wildman–Crippen LogP) is 2.72. The van der Waals surface area contributed by atoms with Crippen LogP contribution in [0.15, 0.2) is 0 Å². The first-order valence-corrected chi connectivity index (χ1v) is 9.08. The van der Waals surface area contributed by atoms with Gasteiger partial charge < -0.3 is 14.8 Å². The number of hydrogen-bond donors (Lipinski definition) is 1. The van der Waals surface area contributed by atoms with Gasteiger partial charge in [-0.2, -0.15) is 0 Å². The highest BCUT2D eigenvalue weighted by molar-refractivity contribution is 5.74. The summed E-state index contributed by atoms with van der Waals surface area (Å²) < 4.78 is 2.19. The first kappa shape index (κ1) is 16.3. The van der Waals surface area contributed by atoms with E-state index in [4.69, 9.17) is 0 Å². The maximum atomic E-state index is 12.5. The van der Waals surface area contributed by atoms with Crippen LogP contribution in [0.3, 0.4) is 0 Å². The second kappa shape index (κ2) is 7.32. The second-order valence-electron chi connectivity index (χ2n) is 7.09. The topological polar surface area (TPSA) is 63.1 Å². The Morgan fingerprint density at radius 2 is 2.04 bits per heavy atom. The third-order valence-electron chi connectivity index (χ3n) is 5.47. The minimum Gasteiger partial charge on any atom is -0.331 e. The summed E-state index contributed by atoms with van der Waals surface area (Å²) in [6.07, 6.45) is 9.46. The summed E-state index contributed by atoms with van der Waals surface area (Å²) in [5, 5.41) is 11.6. The summed E-state index contributed by atoms with van der Waals surface area (Å²) in [5.41, 5.74) is 0. The van der Waals surface area contributed by atoms with Crippen molar-refractivity contribution in [1.29, 1.82) is 0 Å². The van der Waals surface area contributed by atoms with Crippen molar-refractivity contribution >= 4 is 6.03 Å². The number of aromatic nitrogens is 3. The van der Waals surface area contributed by atoms with Gasteiger partial charge in [-0.05, 0) is 31.6 Å². The lowest BCUT2D eigenvalue weighted by atomic mass is 9.85. The fourth-order valence-electron chi connectivity index (χ4n) is 3.98. The van der Waals surface area contributed by atoms with Crippen molar-refractivity contribution in [1.82, 2.24) is 25.0 Å². The van der Waals surface area contributed by atoms with Crippen molar-refractivity contribution in [2.75, 3.05) is 7.05 Å². The number of hydrogen-bond acceptors (Lipinski definition) is 3. The molecular weight excluding hydrogens is 290 g/mol. The molecule has 0 saturated heterocycles. The molecule has 1 fully saturated rings. The molecule has 1 aromatic heterocycles. The van der Waals surface area contributed by atoms with Gasteiger partial charge in [-0.3, -0.25) is 0 Å². The molecule has 1 aliphatic heterocycles. The molecular formula is C17H29N5O. The summed E-state index contributed by atoms with van der Waals surface area (Å²) in [6.45, 7) is 3.70. The van der Waals surface area contributed by atoms with Crippen molar-refractivity contribution in [3.05, 3.63) is 11.6 Å². The Morgan fingerprint density at radius 3 is 2.87 bits per heavy atom. The van der Waals surface area contributed by atoms with E-state index in [-0.39, 0.29) is 6.03 Å². The van der Waals surface area contributed by atoms with E-state index in [0.717, 1.165) is 31.0 Å². The number of aryl methyl sites for hydroxylation is 1. The van der Waals surface area contributed by atoms with E-state index in [9.17, 15) is 4.79 Å². The molecule has 0 spiro atoms. The Morgan fingerprint density at radius 1 is 1.22 bits per heavy atom. The largest absolute Gasteiger partial charge is 0.331 e. The lowest BCUT2D eigenvalue weighted by Gasteiger charge is -2.36. The van der Waals surface area contributed by atoms with Crippen molar-refractivity contribution in [3.63, 3.8) is 0 Å². The summed E-state index contributed by atoms with van der Waals surface area (Å²) in [7, 11) is 1.92. The van der Waals surface area contributed by atoms with Crippen molar-refractivity contribution in [2.24, 2.45) is 5.92 Å². The van der Waals surface area contributed by atoms with Crippen molar-refractivity contribution in [3.8, 4) is 0 Å². The average Bonchev–Trinajstić information content (AvgIpc) is 2.79. The minimum absolute atomic E-state index is 0.00900. The van der Waals surface area contributed by atoms with Gasteiger partial charge >= 0.3 is 6.03 Å². The molecule has 0 aromatic carbocycles. The Bertz CT molecular complexity index is 541. The van der Waals surface area contributed by atoms with Gasteiger partial charge in [0.05, 0.1) is 6.54 Å². The normalized spacial score (nSPS) is 24.6. The zero-order valence-electron chi connectivity index (χ0n) is 14.4. The molecule has 6 heteroatoms. The molecule has 0 radical (unpaired) electrons. The van der Waals surface area contributed by atoms with Crippen LogP contribution in [0, 0.1) is 5.92 Å². The van der Waals surface area contributed by atoms with E-state index in [0.29, 0.717) is 18.5 Å². The zero-order chi connectivity index (χ0) is 16.2. The van der Waals surface area contributed by atoms with Crippen LogP contribution in [0.2, 0.25) is 0 Å². The van der Waals surface area contributed by atoms with Crippen LogP contribution in [-0.2, 0) is 19.5 Å². The third kappa shape index (κ3) is 3.67. The molecule has 1 aliphatic carbocycles. The third-order valence-corrected chi connectivity index (χ3v) is 5.47. The van der Waals surface area contributed by atoms with Crippen LogP contribution >= 0.6 is 0 Å². The van der Waals surface area contributed by atoms with Crippen LogP contribution in [-0.4, -0.2) is 38.8 Å². The fraction of sp³-hybridized carbons (Fsp3) is 0.824. The summed E-state index contributed by atoms with van der Waals surface area (Å²) in [4.78, 5) is 14.4. The molecule has 3 rings (SSSR count). The standard InChI is InChI=1S/C17H29N5O/c1-13-8-5-6-9-14(13)21(2)17(23)18-12-16-20-19-15-10-4-3-7-11-22(15)16/h13-14H,3-12H2,1-2H3,(H,18,23)/t13-,14+/m0/s1. The van der Waals surface area contributed by atoms with E-state index < -0.39 is 0 Å². The molecule has 2 heterocycles. The number of fused-ring (bicyclic) bond motifs is 1. The monoisotopic (exact) mass is 319 g/mol. The minimum atomic E-state index is 0.00900. The van der Waals surface area contributed by atoms with Crippen molar-refractivity contribution < 1.29 is 4.79 Å². The lowest BCUT2D eigenvalue weighted by molar-refractivity contribution is 0.144. The maximum Gasteiger partial charge on any atom is 0.317 e. The molecule has 1 N–H and O–H groups in total. The number of nitrogens with one attached hydrogen (secondary N) is 1. The van der Waals surface area contributed by atoms with E-state index in [1.807, 2.05) is 11.9 Å². The Kier molecular flexibility index (Phi) is 5.18. The average molecular weight is 319 g/mol. The summed E-state index contributed by atoms with van der Waals surface area (Å²) in [6, 6.07) is 0.369. The number of nitrogens with zero attached hydrogens (tertiary/aromatic N) is 4. The molecule has 1 aromatic rings. The van der Waals surface area contributed by atoms with E-state index in [2.05, 4.69) is 27.0 Å². The molecule has 2 atom stereocenters. The highest BCUT2D eigenvalue weighted by Crippen LogP contribution is 2.27. The van der Waals surface area contributed by atoms with E-state index in [1.54, 1.807) is 0 Å². The van der Waals surface area contributed by atoms with Crippen LogP contribution in [0.4, 0.5) is 4.79 Å². The number of carbonyl (C=O) groups excluding carboxylic acids is 1. The fourth-order valence-corrected chi connectivity index (χ4v) is 3.98. The quantitative estimate of drug-likeness (QED) is 0.932. The number of amides is 2. The van der Waals surface area contributed by atoms with Crippen LogP contribution in [0.25, 0.3) is 0 Å². The van der Waals surface area contributed by atoms with E-state index in [1.165, 1.54) is 38.5 Å². The summed E-state index contributed by atoms with van der Waals surface area (Å²) in [5.74, 6) is 2.55. The molecule has 6 nitrogen and oxygen atoms in total. The molecule has 2 aliphatic rings. The van der Waals surface area contributed by atoms with Gasteiger partial charge in [0.15, 0.2) is 5.82 Å². The molecule has 128 valence electrons. The van der Waals surface area contributed by atoms with Crippen LogP contribution in [0.5, 0.6) is 0 Å². The van der Waals surface area contributed by atoms with Gasteiger partial charge in [-0.1, -0.05) is 26.2 Å². The highest BCUT2D eigenvalue weighted by Gasteiger charge is 2.28.